The van der Waals surface area contributed by atoms with Gasteiger partial charge in [-0.25, -0.2) is 4.39 Å². The number of esters is 2. The average molecular weight is 271 g/mol. The minimum atomic E-state index is -1.84. The zero-order chi connectivity index (χ0) is 14.6. The highest BCUT2D eigenvalue weighted by Gasteiger charge is 2.38. The van der Waals surface area contributed by atoms with Gasteiger partial charge in [0.1, 0.15) is 5.82 Å². The minimum absolute atomic E-state index is 0.675. The van der Waals surface area contributed by atoms with Crippen LogP contribution in [-0.2, 0) is 19.1 Å². The van der Waals surface area contributed by atoms with E-state index >= 15 is 0 Å². The van der Waals surface area contributed by atoms with Crippen LogP contribution >= 0.6 is 0 Å². The standard InChI is InChI=1S/C11H10FNO6/c1-18-10(14)9(11(15)19-2)8-6(12)4-3-5-7(8)13(16)17/h3-5,9H,1-2H3. The van der Waals surface area contributed by atoms with Crippen molar-refractivity contribution in [3.63, 3.8) is 0 Å². The molecule has 0 aliphatic carbocycles. The summed E-state index contributed by atoms with van der Waals surface area (Å²) in [6.07, 6.45) is 0. The molecule has 19 heavy (non-hydrogen) atoms. The van der Waals surface area contributed by atoms with Crippen LogP contribution in [0.3, 0.4) is 0 Å². The third-order valence-corrected chi connectivity index (χ3v) is 2.39. The number of carbonyl (C=O) groups is 2. The lowest BCUT2D eigenvalue weighted by Crippen LogP contribution is -2.26. The highest BCUT2D eigenvalue weighted by molar-refractivity contribution is 6.01. The van der Waals surface area contributed by atoms with Crippen molar-refractivity contribution >= 4 is 17.6 Å². The smallest absolute Gasteiger partial charge is 0.325 e. The first-order valence-electron chi connectivity index (χ1n) is 5.02. The molecule has 0 bridgehead atoms. The molecule has 102 valence electrons. The lowest BCUT2D eigenvalue weighted by Gasteiger charge is -2.13. The van der Waals surface area contributed by atoms with E-state index in [-0.39, 0.29) is 0 Å². The van der Waals surface area contributed by atoms with Crippen molar-refractivity contribution < 1.29 is 28.4 Å². The Hall–Kier alpha value is -2.51. The number of hydrogen-bond acceptors (Lipinski definition) is 6. The van der Waals surface area contributed by atoms with Crippen molar-refractivity contribution in [1.29, 1.82) is 0 Å². The van der Waals surface area contributed by atoms with Gasteiger partial charge in [-0.2, -0.15) is 0 Å². The Morgan fingerprint density at radius 2 is 1.79 bits per heavy atom. The highest BCUT2D eigenvalue weighted by atomic mass is 19.1. The van der Waals surface area contributed by atoms with Crippen molar-refractivity contribution in [3.05, 3.63) is 39.7 Å². The zero-order valence-corrected chi connectivity index (χ0v) is 10.1. The van der Waals surface area contributed by atoms with Crippen LogP contribution in [0, 0.1) is 15.9 Å². The molecule has 0 spiro atoms. The van der Waals surface area contributed by atoms with Gasteiger partial charge in [0.25, 0.3) is 5.69 Å². The van der Waals surface area contributed by atoms with E-state index in [9.17, 15) is 24.1 Å². The Balaban J connectivity index is 3.49. The molecule has 0 unspecified atom stereocenters. The van der Waals surface area contributed by atoms with Crippen molar-refractivity contribution in [2.24, 2.45) is 0 Å². The maximum Gasteiger partial charge on any atom is 0.325 e. The molecule has 0 radical (unpaired) electrons. The van der Waals surface area contributed by atoms with Crippen LogP contribution in [0.2, 0.25) is 0 Å². The van der Waals surface area contributed by atoms with E-state index in [1.54, 1.807) is 0 Å². The largest absolute Gasteiger partial charge is 0.468 e. The molecule has 0 aromatic heterocycles. The topological polar surface area (TPSA) is 95.7 Å². The fraction of sp³-hybridized carbons (Fsp3) is 0.273. The molecular weight excluding hydrogens is 261 g/mol. The van der Waals surface area contributed by atoms with Crippen molar-refractivity contribution in [1.82, 2.24) is 0 Å². The summed E-state index contributed by atoms with van der Waals surface area (Å²) in [6.45, 7) is 0. The first-order valence-corrected chi connectivity index (χ1v) is 5.02. The van der Waals surface area contributed by atoms with Crippen LogP contribution in [-0.4, -0.2) is 31.1 Å². The van der Waals surface area contributed by atoms with Gasteiger partial charge in [0, 0.05) is 6.07 Å². The fourth-order valence-electron chi connectivity index (χ4n) is 1.54. The second-order valence-corrected chi connectivity index (χ2v) is 3.41. The third kappa shape index (κ3) is 2.84. The predicted octanol–water partition coefficient (Wildman–Crippen LogP) is 1.16. The van der Waals surface area contributed by atoms with E-state index in [1.165, 1.54) is 0 Å². The van der Waals surface area contributed by atoms with Crippen molar-refractivity contribution in [2.75, 3.05) is 14.2 Å². The molecule has 1 rings (SSSR count). The van der Waals surface area contributed by atoms with Gasteiger partial charge in [-0.1, -0.05) is 6.07 Å². The summed E-state index contributed by atoms with van der Waals surface area (Å²) in [5, 5.41) is 10.8. The van der Waals surface area contributed by atoms with Crippen molar-refractivity contribution in [2.45, 2.75) is 5.92 Å². The summed E-state index contributed by atoms with van der Waals surface area (Å²) in [6, 6.07) is 2.99. The lowest BCUT2D eigenvalue weighted by atomic mass is 9.97. The van der Waals surface area contributed by atoms with Crippen LogP contribution in [0.1, 0.15) is 11.5 Å². The molecule has 0 aliphatic heterocycles. The number of nitrogens with zero attached hydrogens (tertiary/aromatic N) is 1. The number of ether oxygens (including phenoxy) is 2. The molecule has 0 aliphatic rings. The van der Waals surface area contributed by atoms with Crippen LogP contribution < -0.4 is 0 Å². The molecule has 7 nitrogen and oxygen atoms in total. The van der Waals surface area contributed by atoms with E-state index in [0.29, 0.717) is 0 Å². The maximum absolute atomic E-state index is 13.7. The SMILES string of the molecule is COC(=O)C(C(=O)OC)c1c(F)cccc1[N+](=O)[O-]. The fourth-order valence-corrected chi connectivity index (χ4v) is 1.54. The molecule has 0 fully saturated rings. The van der Waals surface area contributed by atoms with E-state index in [2.05, 4.69) is 9.47 Å². The zero-order valence-electron chi connectivity index (χ0n) is 10.1. The molecule has 1 aromatic carbocycles. The van der Waals surface area contributed by atoms with Gasteiger partial charge in [0.05, 0.1) is 24.7 Å². The van der Waals surface area contributed by atoms with Gasteiger partial charge in [0.15, 0.2) is 5.92 Å². The number of nitro groups is 1. The maximum atomic E-state index is 13.7. The summed E-state index contributed by atoms with van der Waals surface area (Å²) in [7, 11) is 1.95. The Morgan fingerprint density at radius 3 is 2.21 bits per heavy atom. The molecule has 0 amide bonds. The normalized spacial score (nSPS) is 10.1. The van der Waals surface area contributed by atoms with Crippen LogP contribution in [0.25, 0.3) is 0 Å². The number of carbonyl (C=O) groups excluding carboxylic acids is 2. The number of hydrogen-bond donors (Lipinski definition) is 0. The van der Waals surface area contributed by atoms with E-state index in [0.717, 1.165) is 32.4 Å². The Bertz CT molecular complexity index is 514. The lowest BCUT2D eigenvalue weighted by molar-refractivity contribution is -0.385. The van der Waals surface area contributed by atoms with Crippen molar-refractivity contribution in [3.8, 4) is 0 Å². The third-order valence-electron chi connectivity index (χ3n) is 2.39. The van der Waals surface area contributed by atoms with Gasteiger partial charge in [-0.05, 0) is 6.07 Å². The first kappa shape index (κ1) is 14.6. The molecule has 1 aromatic rings. The molecule has 8 heteroatoms. The van der Waals surface area contributed by atoms with Gasteiger partial charge < -0.3 is 9.47 Å². The minimum Gasteiger partial charge on any atom is -0.468 e. The Labute approximate surface area is 107 Å². The molecule has 0 saturated heterocycles. The summed E-state index contributed by atoms with van der Waals surface area (Å²) in [5.41, 5.74) is -1.37. The molecular formula is C11H10FNO6. The number of rotatable bonds is 4. The van der Waals surface area contributed by atoms with Gasteiger partial charge >= 0.3 is 11.9 Å². The van der Waals surface area contributed by atoms with E-state index in [1.807, 2.05) is 0 Å². The average Bonchev–Trinajstić information content (AvgIpc) is 2.39. The summed E-state index contributed by atoms with van der Waals surface area (Å²) in [5.74, 6) is -5.17. The van der Waals surface area contributed by atoms with Crippen LogP contribution in [0.4, 0.5) is 10.1 Å². The number of benzene rings is 1. The first-order chi connectivity index (χ1) is 8.93. The Morgan fingerprint density at radius 1 is 1.26 bits per heavy atom. The second-order valence-electron chi connectivity index (χ2n) is 3.41. The number of nitro benzene ring substituents is 1. The number of methoxy groups -OCH3 is 2. The summed E-state index contributed by atoms with van der Waals surface area (Å²) in [4.78, 5) is 33.0. The van der Waals surface area contributed by atoms with Gasteiger partial charge in [-0.3, -0.25) is 19.7 Å². The summed E-state index contributed by atoms with van der Waals surface area (Å²) >= 11 is 0. The van der Waals surface area contributed by atoms with E-state index in [4.69, 9.17) is 0 Å². The molecule has 0 heterocycles. The van der Waals surface area contributed by atoms with E-state index < -0.39 is 39.8 Å². The van der Waals surface area contributed by atoms with Gasteiger partial charge in [0.2, 0.25) is 0 Å². The monoisotopic (exact) mass is 271 g/mol. The molecule has 0 saturated carbocycles. The summed E-state index contributed by atoms with van der Waals surface area (Å²) < 4.78 is 22.4. The van der Waals surface area contributed by atoms with Crippen LogP contribution in [0.15, 0.2) is 18.2 Å². The number of halogens is 1. The Kier molecular flexibility index (Phi) is 4.51. The van der Waals surface area contributed by atoms with Gasteiger partial charge in [-0.15, -0.1) is 0 Å². The second kappa shape index (κ2) is 5.89. The predicted molar refractivity (Wildman–Crippen MR) is 59.8 cm³/mol. The van der Waals surface area contributed by atoms with Crippen LogP contribution in [0.5, 0.6) is 0 Å². The highest BCUT2D eigenvalue weighted by Crippen LogP contribution is 2.31. The molecule has 0 atom stereocenters. The quantitative estimate of drug-likeness (QED) is 0.353. The molecule has 0 N–H and O–H groups in total.